The van der Waals surface area contributed by atoms with Gasteiger partial charge in [0.2, 0.25) is 0 Å². The van der Waals surface area contributed by atoms with Crippen LogP contribution in [0.4, 0.5) is 0 Å². The Morgan fingerprint density at radius 2 is 1.84 bits per heavy atom. The Labute approximate surface area is 230 Å². The number of carbonyl (C=O) groups excluding carboxylic acids is 1. The van der Waals surface area contributed by atoms with Crippen molar-refractivity contribution in [3.05, 3.63) is 88.0 Å². The molecule has 2 heterocycles. The number of ether oxygens (including phenoxy) is 4. The fourth-order valence-electron chi connectivity index (χ4n) is 3.98. The van der Waals surface area contributed by atoms with E-state index in [-0.39, 0.29) is 24.3 Å². The van der Waals surface area contributed by atoms with Crippen molar-refractivity contribution in [1.82, 2.24) is 4.57 Å². The Morgan fingerprint density at radius 3 is 2.49 bits per heavy atom. The summed E-state index contributed by atoms with van der Waals surface area (Å²) in [6.07, 6.45) is 1.74. The number of aromatic nitrogens is 1. The van der Waals surface area contributed by atoms with Gasteiger partial charge in [-0.3, -0.25) is 9.36 Å². The first-order valence-corrected chi connectivity index (χ1v) is 13.1. The summed E-state index contributed by atoms with van der Waals surface area (Å²) in [4.78, 5) is 32.0. The molecule has 1 aromatic heterocycles. The van der Waals surface area contributed by atoms with Crippen LogP contribution in [0.3, 0.4) is 0 Å². The van der Waals surface area contributed by atoms with Crippen molar-refractivity contribution in [2.75, 3.05) is 34.5 Å². The first-order chi connectivity index (χ1) is 17.8. The van der Waals surface area contributed by atoms with Gasteiger partial charge in [0.1, 0.15) is 18.1 Å². The molecule has 0 spiro atoms. The Kier molecular flexibility index (Phi) is 8.53. The van der Waals surface area contributed by atoms with E-state index in [1.165, 1.54) is 23.0 Å². The lowest BCUT2D eigenvalue weighted by atomic mass is 9.96. The van der Waals surface area contributed by atoms with Crippen molar-refractivity contribution in [2.45, 2.75) is 13.0 Å². The molecular formula is C26H24BrClN2O6S. The molecule has 8 nitrogen and oxygen atoms in total. The third-order valence-corrected chi connectivity index (χ3v) is 7.59. The predicted octanol–water partition coefficient (Wildman–Crippen LogP) is 3.86. The summed E-state index contributed by atoms with van der Waals surface area (Å²) >= 11 is 10.8. The van der Waals surface area contributed by atoms with Crippen LogP contribution >= 0.6 is 38.9 Å². The maximum Gasteiger partial charge on any atom is 0.338 e. The van der Waals surface area contributed by atoms with Gasteiger partial charge < -0.3 is 18.9 Å². The quantitative estimate of drug-likeness (QED) is 0.286. The molecule has 1 aliphatic rings. The van der Waals surface area contributed by atoms with Gasteiger partial charge in [0.25, 0.3) is 5.56 Å². The lowest BCUT2D eigenvalue weighted by Gasteiger charge is -2.24. The van der Waals surface area contributed by atoms with Crippen LogP contribution in [0, 0.1) is 0 Å². The Hall–Kier alpha value is -2.92. The van der Waals surface area contributed by atoms with Crippen molar-refractivity contribution in [3.63, 3.8) is 0 Å². The summed E-state index contributed by atoms with van der Waals surface area (Å²) < 4.78 is 24.0. The van der Waals surface area contributed by atoms with E-state index in [1.807, 2.05) is 6.07 Å². The molecule has 0 bridgehead atoms. The predicted molar refractivity (Wildman–Crippen MR) is 145 cm³/mol. The number of halogens is 2. The summed E-state index contributed by atoms with van der Waals surface area (Å²) in [6.45, 7) is 2.06. The average Bonchev–Trinajstić information content (AvgIpc) is 3.18. The highest BCUT2D eigenvalue weighted by Gasteiger charge is 2.33. The molecule has 3 aromatic rings. The van der Waals surface area contributed by atoms with E-state index in [0.29, 0.717) is 47.2 Å². The number of nitrogens with zero attached hydrogens (tertiary/aromatic N) is 2. The molecule has 0 saturated carbocycles. The second-order valence-corrected chi connectivity index (χ2v) is 10.3. The maximum atomic E-state index is 13.8. The number of esters is 1. The van der Waals surface area contributed by atoms with Crippen LogP contribution in [0.1, 0.15) is 24.1 Å². The zero-order chi connectivity index (χ0) is 26.7. The smallest absolute Gasteiger partial charge is 0.338 e. The SMILES string of the molecule is COCCOC(=O)C1=C(C)N=c2sc(=Cc3cc(Br)c(OC)cc3OC)c(=O)n2C1c1ccc(Cl)cc1. The van der Waals surface area contributed by atoms with Crippen LogP contribution in [0.15, 0.2) is 61.9 Å². The minimum atomic E-state index is -0.741. The highest BCUT2D eigenvalue weighted by molar-refractivity contribution is 9.10. The molecule has 37 heavy (non-hydrogen) atoms. The molecule has 4 rings (SSSR count). The molecular weight excluding hydrogens is 584 g/mol. The summed E-state index contributed by atoms with van der Waals surface area (Å²) in [7, 11) is 4.64. The van der Waals surface area contributed by atoms with E-state index in [1.54, 1.807) is 57.6 Å². The van der Waals surface area contributed by atoms with E-state index >= 15 is 0 Å². The Morgan fingerprint density at radius 1 is 1.14 bits per heavy atom. The van der Waals surface area contributed by atoms with E-state index in [0.717, 1.165) is 0 Å². The molecule has 0 amide bonds. The van der Waals surface area contributed by atoms with Crippen LogP contribution in [0.2, 0.25) is 5.02 Å². The lowest BCUT2D eigenvalue weighted by molar-refractivity contribution is -0.140. The van der Waals surface area contributed by atoms with Crippen LogP contribution in [-0.4, -0.2) is 45.1 Å². The van der Waals surface area contributed by atoms with Crippen molar-refractivity contribution in [3.8, 4) is 11.5 Å². The minimum Gasteiger partial charge on any atom is -0.496 e. The van der Waals surface area contributed by atoms with E-state index in [9.17, 15) is 9.59 Å². The lowest BCUT2D eigenvalue weighted by Crippen LogP contribution is -2.40. The minimum absolute atomic E-state index is 0.0794. The number of fused-ring (bicyclic) bond motifs is 1. The van der Waals surface area contributed by atoms with Crippen molar-refractivity contribution >= 4 is 50.9 Å². The summed E-state index contributed by atoms with van der Waals surface area (Å²) in [6, 6.07) is 9.82. The molecule has 1 atom stereocenters. The first kappa shape index (κ1) is 27.1. The number of allylic oxidation sites excluding steroid dienone is 1. The first-order valence-electron chi connectivity index (χ1n) is 11.1. The molecule has 0 N–H and O–H groups in total. The van der Waals surface area contributed by atoms with E-state index < -0.39 is 12.0 Å². The Bertz CT molecular complexity index is 1540. The van der Waals surface area contributed by atoms with Crippen LogP contribution in [0.25, 0.3) is 6.08 Å². The van der Waals surface area contributed by atoms with E-state index in [2.05, 4.69) is 20.9 Å². The van der Waals surface area contributed by atoms with Crippen molar-refractivity contribution in [2.24, 2.45) is 4.99 Å². The van der Waals surface area contributed by atoms with Gasteiger partial charge in [0.15, 0.2) is 4.80 Å². The van der Waals surface area contributed by atoms with Crippen LogP contribution in [-0.2, 0) is 14.3 Å². The van der Waals surface area contributed by atoms with Gasteiger partial charge in [0, 0.05) is 23.8 Å². The summed E-state index contributed by atoms with van der Waals surface area (Å²) in [5, 5.41) is 0.540. The number of methoxy groups -OCH3 is 3. The monoisotopic (exact) mass is 606 g/mol. The fraction of sp³-hybridized carbons (Fsp3) is 0.269. The highest BCUT2D eigenvalue weighted by Crippen LogP contribution is 2.34. The van der Waals surface area contributed by atoms with Gasteiger partial charge in [0.05, 0.1) is 47.1 Å². The van der Waals surface area contributed by atoms with Crippen LogP contribution in [0.5, 0.6) is 11.5 Å². The largest absolute Gasteiger partial charge is 0.496 e. The summed E-state index contributed by atoms with van der Waals surface area (Å²) in [5.74, 6) is 0.581. The van der Waals surface area contributed by atoms with Crippen molar-refractivity contribution < 1.29 is 23.7 Å². The topological polar surface area (TPSA) is 88.4 Å². The zero-order valence-electron chi connectivity index (χ0n) is 20.5. The summed E-state index contributed by atoms with van der Waals surface area (Å²) in [5.41, 5.74) is 1.84. The zero-order valence-corrected chi connectivity index (χ0v) is 23.7. The number of thiazole rings is 1. The molecule has 1 unspecified atom stereocenters. The number of rotatable bonds is 8. The second-order valence-electron chi connectivity index (χ2n) is 7.99. The molecule has 1 aliphatic heterocycles. The average molecular weight is 608 g/mol. The van der Waals surface area contributed by atoms with Gasteiger partial charge in [-0.15, -0.1) is 0 Å². The van der Waals surface area contributed by atoms with Crippen molar-refractivity contribution in [1.29, 1.82) is 0 Å². The fourth-order valence-corrected chi connectivity index (χ4v) is 5.66. The second kappa shape index (κ2) is 11.6. The Balaban J connectivity index is 1.91. The normalized spacial score (nSPS) is 15.3. The third kappa shape index (κ3) is 5.52. The molecule has 0 saturated heterocycles. The molecule has 0 aliphatic carbocycles. The van der Waals surface area contributed by atoms with E-state index in [4.69, 9.17) is 30.5 Å². The third-order valence-electron chi connectivity index (χ3n) is 5.74. The molecule has 194 valence electrons. The number of hydrogen-bond acceptors (Lipinski definition) is 8. The standard InChI is InChI=1S/C26H24BrClN2O6S/c1-14-22(25(32)36-10-9-33-2)23(15-5-7-17(28)8-6-15)30-24(31)21(37-26(30)29-14)12-16-11-18(27)20(35-4)13-19(16)34-3/h5-8,11-13,23H,9-10H2,1-4H3. The highest BCUT2D eigenvalue weighted by atomic mass is 79.9. The number of benzene rings is 2. The molecule has 2 aromatic carbocycles. The van der Waals surface area contributed by atoms with Gasteiger partial charge in [-0.05, 0) is 52.7 Å². The molecule has 0 fully saturated rings. The van der Waals surface area contributed by atoms with Gasteiger partial charge in [-0.2, -0.15) is 0 Å². The van der Waals surface area contributed by atoms with Gasteiger partial charge >= 0.3 is 5.97 Å². The van der Waals surface area contributed by atoms with Gasteiger partial charge in [-0.1, -0.05) is 35.1 Å². The number of carbonyl (C=O) groups is 1. The molecule has 0 radical (unpaired) electrons. The molecule has 11 heteroatoms. The maximum absolute atomic E-state index is 13.8. The number of hydrogen-bond donors (Lipinski definition) is 0. The van der Waals surface area contributed by atoms with Gasteiger partial charge in [-0.25, -0.2) is 9.79 Å². The van der Waals surface area contributed by atoms with Crippen LogP contribution < -0.4 is 24.4 Å².